The molecule has 4 aromatic rings. The van der Waals surface area contributed by atoms with E-state index in [1.54, 1.807) is 12.1 Å². The fraction of sp³-hybridized carbons (Fsp3) is 0.286. The Hall–Kier alpha value is -4.78. The van der Waals surface area contributed by atoms with Crippen molar-refractivity contribution in [1.82, 2.24) is 9.47 Å². The second-order valence-electron chi connectivity index (χ2n) is 11.0. The summed E-state index contributed by atoms with van der Waals surface area (Å²) in [6.07, 6.45) is -0.365. The molecule has 0 aliphatic rings. The molecule has 3 aromatic carbocycles. The van der Waals surface area contributed by atoms with E-state index in [4.69, 9.17) is 5.11 Å². The van der Waals surface area contributed by atoms with E-state index in [2.05, 4.69) is 6.19 Å². The highest BCUT2D eigenvalue weighted by Crippen LogP contribution is 2.43. The molecule has 0 fully saturated rings. The molecule has 0 bridgehead atoms. The fourth-order valence-electron chi connectivity index (χ4n) is 5.54. The number of carboxylic acids is 1. The molecule has 0 aliphatic carbocycles. The van der Waals surface area contributed by atoms with Crippen LogP contribution in [0.4, 0.5) is 4.39 Å². The lowest BCUT2D eigenvalue weighted by atomic mass is 9.92. The first-order valence-corrected chi connectivity index (χ1v) is 14.5. The minimum atomic E-state index is -1.21. The molecule has 1 heterocycles. The molecule has 0 aliphatic heterocycles. The van der Waals surface area contributed by atoms with Crippen LogP contribution in [0.1, 0.15) is 60.9 Å². The number of amides is 1. The van der Waals surface area contributed by atoms with Gasteiger partial charge in [-0.15, -0.1) is 0 Å². The van der Waals surface area contributed by atoms with Gasteiger partial charge in [-0.3, -0.25) is 9.59 Å². The third-order valence-corrected chi connectivity index (χ3v) is 7.44. The number of aliphatic hydroxyl groups is 2. The molecule has 4 rings (SSSR count). The van der Waals surface area contributed by atoms with Crippen LogP contribution in [0.2, 0.25) is 0 Å². The molecule has 0 radical (unpaired) electrons. The molecule has 9 heteroatoms. The first kappa shape index (κ1) is 32.1. The number of carboxylic acid groups (broad SMARTS) is 1. The zero-order valence-corrected chi connectivity index (χ0v) is 24.7. The summed E-state index contributed by atoms with van der Waals surface area (Å²) < 4.78 is 16.0. The summed E-state index contributed by atoms with van der Waals surface area (Å²) in [7, 11) is 0. The number of nitriles is 1. The van der Waals surface area contributed by atoms with Crippen LogP contribution in [0.3, 0.4) is 0 Å². The Bertz CT molecular complexity index is 1610. The number of hydrogen-bond acceptors (Lipinski definition) is 5. The van der Waals surface area contributed by atoms with Gasteiger partial charge in [-0.25, -0.2) is 9.29 Å². The fourth-order valence-corrected chi connectivity index (χ4v) is 5.54. The lowest BCUT2D eigenvalue weighted by Gasteiger charge is -2.21. The first-order valence-electron chi connectivity index (χ1n) is 14.5. The van der Waals surface area contributed by atoms with E-state index < -0.39 is 36.3 Å². The zero-order chi connectivity index (χ0) is 31.8. The van der Waals surface area contributed by atoms with Crippen molar-refractivity contribution < 1.29 is 29.3 Å². The number of aromatic nitrogens is 1. The average molecular weight is 598 g/mol. The quantitative estimate of drug-likeness (QED) is 0.125. The molecule has 8 nitrogen and oxygen atoms in total. The maximum absolute atomic E-state index is 14.4. The van der Waals surface area contributed by atoms with Gasteiger partial charge < -0.3 is 19.9 Å². The zero-order valence-electron chi connectivity index (χ0n) is 24.7. The van der Waals surface area contributed by atoms with Gasteiger partial charge in [-0.05, 0) is 61.9 Å². The third-order valence-electron chi connectivity index (χ3n) is 7.44. The van der Waals surface area contributed by atoms with E-state index in [0.29, 0.717) is 28.1 Å². The molecule has 0 saturated carbocycles. The average Bonchev–Trinajstić information content (AvgIpc) is 3.34. The SMILES string of the molecule is CC(C)n1c(CCC(O)CC(O)CC(=O)O)c(-c2ccc(F)cc2)c(-c2ccccc2)c1C(=O)N(C#N)Cc1ccccc1. The van der Waals surface area contributed by atoms with Crippen LogP contribution in [0, 0.1) is 17.3 Å². The van der Waals surface area contributed by atoms with Crippen LogP contribution in [0.25, 0.3) is 22.3 Å². The van der Waals surface area contributed by atoms with Crippen LogP contribution >= 0.6 is 0 Å². The molecule has 0 saturated heterocycles. The second-order valence-corrected chi connectivity index (χ2v) is 11.0. The maximum atomic E-state index is 14.4. The standard InChI is InChI=1S/C35H36FN3O5/c1-23(2)39-30(18-17-28(40)19-29(41)20-31(42)43)32(26-13-15-27(36)16-14-26)33(25-11-7-4-8-12-25)34(39)35(44)38(22-37)21-24-9-5-3-6-10-24/h3-16,23,28-29,40-41H,17-21H2,1-2H3,(H,42,43). The molecule has 2 unspecified atom stereocenters. The van der Waals surface area contributed by atoms with Crippen molar-refractivity contribution in [3.05, 3.63) is 108 Å². The largest absolute Gasteiger partial charge is 0.481 e. The number of rotatable bonds is 13. The lowest BCUT2D eigenvalue weighted by Crippen LogP contribution is -2.29. The van der Waals surface area contributed by atoms with Crippen molar-refractivity contribution in [2.75, 3.05) is 0 Å². The van der Waals surface area contributed by atoms with E-state index in [1.807, 2.05) is 79.1 Å². The topological polar surface area (TPSA) is 127 Å². The third kappa shape index (κ3) is 7.59. The first-order chi connectivity index (χ1) is 21.1. The van der Waals surface area contributed by atoms with E-state index in [9.17, 15) is 29.5 Å². The molecule has 0 spiro atoms. The van der Waals surface area contributed by atoms with Gasteiger partial charge in [0.1, 0.15) is 11.5 Å². The van der Waals surface area contributed by atoms with Crippen molar-refractivity contribution in [1.29, 1.82) is 5.26 Å². The summed E-state index contributed by atoms with van der Waals surface area (Å²) in [6, 6.07) is 24.2. The van der Waals surface area contributed by atoms with Gasteiger partial charge in [0.2, 0.25) is 0 Å². The van der Waals surface area contributed by atoms with Gasteiger partial charge in [0.15, 0.2) is 6.19 Å². The summed E-state index contributed by atoms with van der Waals surface area (Å²) in [5.74, 6) is -2.08. The number of halogens is 1. The van der Waals surface area contributed by atoms with E-state index in [0.717, 1.165) is 16.0 Å². The number of carbonyl (C=O) groups excluding carboxylic acids is 1. The number of aliphatic carboxylic acids is 1. The van der Waals surface area contributed by atoms with E-state index in [1.165, 1.54) is 12.1 Å². The number of aliphatic hydroxyl groups excluding tert-OH is 2. The smallest absolute Gasteiger partial charge is 0.305 e. The van der Waals surface area contributed by atoms with Crippen molar-refractivity contribution in [3.8, 4) is 28.4 Å². The van der Waals surface area contributed by atoms with Gasteiger partial charge in [0.25, 0.3) is 5.91 Å². The molecular formula is C35H36FN3O5. The summed E-state index contributed by atoms with van der Waals surface area (Å²) in [4.78, 5) is 26.6. The van der Waals surface area contributed by atoms with Crippen LogP contribution in [0.15, 0.2) is 84.9 Å². The molecular weight excluding hydrogens is 561 g/mol. The van der Waals surface area contributed by atoms with Crippen LogP contribution in [0.5, 0.6) is 0 Å². The Morgan fingerprint density at radius 1 is 0.886 bits per heavy atom. The Morgan fingerprint density at radius 2 is 1.48 bits per heavy atom. The van der Waals surface area contributed by atoms with Crippen LogP contribution in [-0.2, 0) is 17.8 Å². The summed E-state index contributed by atoms with van der Waals surface area (Å²) in [6.45, 7) is 3.91. The van der Waals surface area contributed by atoms with E-state index >= 15 is 0 Å². The highest BCUT2D eigenvalue weighted by Gasteiger charge is 2.33. The molecule has 3 N–H and O–H groups in total. The van der Waals surface area contributed by atoms with Gasteiger partial charge in [-0.1, -0.05) is 72.8 Å². The van der Waals surface area contributed by atoms with Gasteiger partial charge >= 0.3 is 5.97 Å². The minimum absolute atomic E-state index is 0.0646. The Balaban J connectivity index is 1.92. The molecule has 228 valence electrons. The molecule has 44 heavy (non-hydrogen) atoms. The number of hydrogen-bond donors (Lipinski definition) is 3. The lowest BCUT2D eigenvalue weighted by molar-refractivity contribution is -0.139. The van der Waals surface area contributed by atoms with E-state index in [-0.39, 0.29) is 31.8 Å². The van der Waals surface area contributed by atoms with Crippen LogP contribution < -0.4 is 0 Å². The van der Waals surface area contributed by atoms with Crippen molar-refractivity contribution >= 4 is 11.9 Å². The number of carbonyl (C=O) groups is 2. The Labute approximate surface area is 256 Å². The van der Waals surface area contributed by atoms with Gasteiger partial charge in [0.05, 0.1) is 25.2 Å². The predicted molar refractivity (Wildman–Crippen MR) is 165 cm³/mol. The van der Waals surface area contributed by atoms with Crippen molar-refractivity contribution in [2.24, 2.45) is 0 Å². The van der Waals surface area contributed by atoms with Gasteiger partial charge in [0, 0.05) is 22.9 Å². The summed E-state index contributed by atoms with van der Waals surface area (Å²) >= 11 is 0. The summed E-state index contributed by atoms with van der Waals surface area (Å²) in [5, 5.41) is 40.1. The molecule has 1 amide bonds. The monoisotopic (exact) mass is 597 g/mol. The maximum Gasteiger partial charge on any atom is 0.305 e. The summed E-state index contributed by atoms with van der Waals surface area (Å²) in [5.41, 5.74) is 4.40. The van der Waals surface area contributed by atoms with Crippen molar-refractivity contribution in [2.45, 2.75) is 64.3 Å². The molecule has 1 aromatic heterocycles. The second kappa shape index (κ2) is 14.6. The van der Waals surface area contributed by atoms with Gasteiger partial charge in [-0.2, -0.15) is 5.26 Å². The number of nitrogens with zero attached hydrogens (tertiary/aromatic N) is 3. The predicted octanol–water partition coefficient (Wildman–Crippen LogP) is 6.18. The number of benzene rings is 3. The Kier molecular flexibility index (Phi) is 10.7. The Morgan fingerprint density at radius 3 is 2.05 bits per heavy atom. The minimum Gasteiger partial charge on any atom is -0.481 e. The normalized spacial score (nSPS) is 12.5. The highest BCUT2D eigenvalue weighted by molar-refractivity contribution is 6.05. The van der Waals surface area contributed by atoms with Crippen LogP contribution in [-0.4, -0.2) is 48.9 Å². The highest BCUT2D eigenvalue weighted by atomic mass is 19.1. The molecule has 2 atom stereocenters. The van der Waals surface area contributed by atoms with Crippen molar-refractivity contribution in [3.63, 3.8) is 0 Å².